The van der Waals surface area contributed by atoms with Crippen LogP contribution in [0.15, 0.2) is 66.7 Å². The van der Waals surface area contributed by atoms with Gasteiger partial charge >= 0.3 is 0 Å². The van der Waals surface area contributed by atoms with Crippen molar-refractivity contribution in [1.82, 2.24) is 4.98 Å². The number of aromatic nitrogens is 1. The summed E-state index contributed by atoms with van der Waals surface area (Å²) >= 11 is 1.79. The normalized spacial score (nSPS) is 15.6. The molecule has 1 N–H and O–H groups in total. The van der Waals surface area contributed by atoms with Crippen LogP contribution in [0.4, 0.5) is 17.1 Å². The van der Waals surface area contributed by atoms with E-state index in [4.69, 9.17) is 4.98 Å². The van der Waals surface area contributed by atoms with Crippen molar-refractivity contribution in [3.63, 3.8) is 0 Å². The number of anilines is 3. The van der Waals surface area contributed by atoms with Crippen molar-refractivity contribution in [2.45, 2.75) is 53.1 Å². The molecule has 3 nitrogen and oxygen atoms in total. The molecule has 1 unspecified atom stereocenters. The van der Waals surface area contributed by atoms with Gasteiger partial charge in [-0.1, -0.05) is 56.7 Å². The van der Waals surface area contributed by atoms with Crippen molar-refractivity contribution in [3.8, 4) is 0 Å². The topological polar surface area (TPSA) is 28.2 Å². The maximum atomic E-state index is 5.03. The molecule has 1 atom stereocenters. The number of pyridine rings is 1. The van der Waals surface area contributed by atoms with Crippen LogP contribution in [0, 0.1) is 20.8 Å². The van der Waals surface area contributed by atoms with Crippen LogP contribution in [0.25, 0.3) is 20.3 Å². The van der Waals surface area contributed by atoms with Crippen LogP contribution >= 0.6 is 11.3 Å². The summed E-state index contributed by atoms with van der Waals surface area (Å²) in [5.74, 6) is 0. The number of hydrogen-bond acceptors (Lipinski definition) is 4. The van der Waals surface area contributed by atoms with E-state index >= 15 is 0 Å². The first-order chi connectivity index (χ1) is 16.7. The van der Waals surface area contributed by atoms with E-state index in [-0.39, 0.29) is 11.6 Å². The summed E-state index contributed by atoms with van der Waals surface area (Å²) in [6, 6.07) is 24.6. The molecule has 176 valence electrons. The maximum Gasteiger partial charge on any atom is 0.130 e. The average molecular weight is 478 g/mol. The molecule has 6 rings (SSSR count). The molecule has 4 heteroatoms. The fraction of sp³-hybridized carbons (Fsp3) is 0.258. The molecule has 0 saturated heterocycles. The zero-order chi connectivity index (χ0) is 24.5. The highest BCUT2D eigenvalue weighted by molar-refractivity contribution is 7.25. The van der Waals surface area contributed by atoms with E-state index < -0.39 is 0 Å². The summed E-state index contributed by atoms with van der Waals surface area (Å²) in [4.78, 5) is 8.63. The van der Waals surface area contributed by atoms with Gasteiger partial charge in [0.05, 0.1) is 11.4 Å². The zero-order valence-electron chi connectivity index (χ0n) is 21.2. The van der Waals surface area contributed by atoms with Crippen LogP contribution in [-0.4, -0.2) is 4.98 Å². The molecule has 2 aromatic heterocycles. The van der Waals surface area contributed by atoms with Gasteiger partial charge in [0, 0.05) is 32.3 Å². The first kappa shape index (κ1) is 22.1. The lowest BCUT2D eigenvalue weighted by molar-refractivity contribution is 0.572. The van der Waals surface area contributed by atoms with Crippen LogP contribution in [-0.2, 0) is 5.41 Å². The Kier molecular flexibility index (Phi) is 4.94. The second kappa shape index (κ2) is 7.82. The lowest BCUT2D eigenvalue weighted by Gasteiger charge is -2.30. The Labute approximate surface area is 211 Å². The molecule has 5 aromatic rings. The van der Waals surface area contributed by atoms with Crippen LogP contribution in [0.1, 0.15) is 54.9 Å². The van der Waals surface area contributed by atoms with Crippen LogP contribution in [0.2, 0.25) is 0 Å². The Hall–Kier alpha value is -3.37. The summed E-state index contributed by atoms with van der Waals surface area (Å²) < 4.78 is 1.28. The van der Waals surface area contributed by atoms with Crippen molar-refractivity contribution in [2.75, 3.05) is 10.2 Å². The first-order valence-corrected chi connectivity index (χ1v) is 13.1. The van der Waals surface area contributed by atoms with Crippen LogP contribution in [0.5, 0.6) is 0 Å². The Morgan fingerprint density at radius 3 is 2.34 bits per heavy atom. The summed E-state index contributed by atoms with van der Waals surface area (Å²) in [5.41, 5.74) is 10.0. The van der Waals surface area contributed by atoms with E-state index in [1.165, 1.54) is 54.8 Å². The zero-order valence-corrected chi connectivity index (χ0v) is 22.0. The molecule has 35 heavy (non-hydrogen) atoms. The van der Waals surface area contributed by atoms with Gasteiger partial charge in [-0.15, -0.1) is 11.3 Å². The third kappa shape index (κ3) is 3.59. The molecule has 0 radical (unpaired) electrons. The maximum absolute atomic E-state index is 5.03. The number of rotatable bonds is 2. The van der Waals surface area contributed by atoms with Crippen molar-refractivity contribution >= 4 is 48.7 Å². The SMILES string of the molecule is Cc1cc(C)c(N2c3ccccc3NC2c2ccc3sc4nc(C(C)(C)C)ccc4c3c2)c(C)c1. The molecule has 1 aliphatic rings. The first-order valence-electron chi connectivity index (χ1n) is 12.3. The van der Waals surface area contributed by atoms with Gasteiger partial charge in [0.15, 0.2) is 0 Å². The van der Waals surface area contributed by atoms with E-state index in [0.29, 0.717) is 0 Å². The van der Waals surface area contributed by atoms with Crippen molar-refractivity contribution in [1.29, 1.82) is 0 Å². The largest absolute Gasteiger partial charge is 0.359 e. The van der Waals surface area contributed by atoms with Gasteiger partial charge in [0.1, 0.15) is 11.0 Å². The Bertz CT molecular complexity index is 1580. The highest BCUT2D eigenvalue weighted by Crippen LogP contribution is 2.48. The number of thiophene rings is 1. The molecular weight excluding hydrogens is 446 g/mol. The second-order valence-corrected chi connectivity index (χ2v) is 11.9. The molecule has 0 saturated carbocycles. The number of hydrogen-bond donors (Lipinski definition) is 1. The lowest BCUT2D eigenvalue weighted by atomic mass is 9.91. The fourth-order valence-corrected chi connectivity index (χ4v) is 6.51. The summed E-state index contributed by atoms with van der Waals surface area (Å²) in [7, 11) is 0. The summed E-state index contributed by atoms with van der Waals surface area (Å²) in [5, 5.41) is 6.34. The third-order valence-corrected chi connectivity index (χ3v) is 8.12. The third-order valence-electron chi connectivity index (χ3n) is 7.04. The molecule has 0 fully saturated rings. The van der Waals surface area contributed by atoms with Crippen LogP contribution < -0.4 is 10.2 Å². The van der Waals surface area contributed by atoms with E-state index in [2.05, 4.69) is 118 Å². The van der Waals surface area contributed by atoms with Crippen molar-refractivity contribution < 1.29 is 0 Å². The van der Waals surface area contributed by atoms with Gasteiger partial charge in [0.25, 0.3) is 0 Å². The molecule has 3 aromatic carbocycles. The Balaban J connectivity index is 1.52. The van der Waals surface area contributed by atoms with Gasteiger partial charge in [0.2, 0.25) is 0 Å². The van der Waals surface area contributed by atoms with Crippen molar-refractivity contribution in [2.24, 2.45) is 0 Å². The fourth-order valence-electron chi connectivity index (χ4n) is 5.45. The molecule has 0 amide bonds. The molecule has 3 heterocycles. The molecular formula is C31H31N3S. The Morgan fingerprint density at radius 2 is 1.60 bits per heavy atom. The quantitative estimate of drug-likeness (QED) is 0.275. The molecule has 0 aliphatic carbocycles. The van der Waals surface area contributed by atoms with Gasteiger partial charge in [-0.3, -0.25) is 0 Å². The number of nitrogens with zero attached hydrogens (tertiary/aromatic N) is 2. The number of fused-ring (bicyclic) bond motifs is 4. The molecule has 1 aliphatic heterocycles. The molecule has 0 spiro atoms. The highest BCUT2D eigenvalue weighted by atomic mass is 32.1. The van der Waals surface area contributed by atoms with Gasteiger partial charge < -0.3 is 10.2 Å². The number of nitrogens with one attached hydrogen (secondary N) is 1. The number of benzene rings is 3. The predicted molar refractivity (Wildman–Crippen MR) is 151 cm³/mol. The summed E-state index contributed by atoms with van der Waals surface area (Å²) in [6.07, 6.45) is 0.0219. The van der Waals surface area contributed by atoms with E-state index in [1.54, 1.807) is 11.3 Å². The van der Waals surface area contributed by atoms with Gasteiger partial charge in [-0.05, 0) is 73.9 Å². The van der Waals surface area contributed by atoms with Gasteiger partial charge in [-0.2, -0.15) is 0 Å². The average Bonchev–Trinajstić information content (AvgIpc) is 3.35. The van der Waals surface area contributed by atoms with Crippen molar-refractivity contribution in [3.05, 3.63) is 94.7 Å². The monoisotopic (exact) mass is 477 g/mol. The standard InChI is InChI=1S/C31H31N3S/c1-18-15-19(2)28(20(3)16-18)34-25-10-8-7-9-24(25)32-29(34)21-11-13-26-23(17-21)22-12-14-27(31(4,5)6)33-30(22)35-26/h7-17,29,32H,1-6H3. The van der Waals surface area contributed by atoms with E-state index in [1.807, 2.05) is 0 Å². The van der Waals surface area contributed by atoms with E-state index in [0.717, 1.165) is 10.5 Å². The van der Waals surface area contributed by atoms with Crippen LogP contribution in [0.3, 0.4) is 0 Å². The summed E-state index contributed by atoms with van der Waals surface area (Å²) in [6.45, 7) is 13.3. The Morgan fingerprint density at radius 1 is 0.857 bits per heavy atom. The highest BCUT2D eigenvalue weighted by Gasteiger charge is 2.33. The minimum absolute atomic E-state index is 0.0219. The minimum atomic E-state index is 0.0219. The molecule has 0 bridgehead atoms. The van der Waals surface area contributed by atoms with Gasteiger partial charge in [-0.25, -0.2) is 4.98 Å². The number of aryl methyl sites for hydroxylation is 3. The minimum Gasteiger partial charge on any atom is -0.359 e. The lowest BCUT2D eigenvalue weighted by Crippen LogP contribution is -2.24. The second-order valence-electron chi connectivity index (χ2n) is 10.8. The smallest absolute Gasteiger partial charge is 0.130 e. The predicted octanol–water partition coefficient (Wildman–Crippen LogP) is 8.93. The van der Waals surface area contributed by atoms with E-state index in [9.17, 15) is 0 Å². The number of para-hydroxylation sites is 2.